The van der Waals surface area contributed by atoms with Crippen molar-refractivity contribution in [2.75, 3.05) is 19.7 Å². The van der Waals surface area contributed by atoms with E-state index in [1.54, 1.807) is 11.0 Å². The third-order valence-corrected chi connectivity index (χ3v) is 3.16. The van der Waals surface area contributed by atoms with Crippen LogP contribution < -0.4 is 4.74 Å². The fourth-order valence-corrected chi connectivity index (χ4v) is 2.20. The summed E-state index contributed by atoms with van der Waals surface area (Å²) in [6.07, 6.45) is 0.735. The highest BCUT2D eigenvalue weighted by molar-refractivity contribution is 5.97. The van der Waals surface area contributed by atoms with Crippen molar-refractivity contribution in [3.8, 4) is 5.75 Å². The number of fused-ring (bicyclic) bond motifs is 1. The van der Waals surface area contributed by atoms with Crippen LogP contribution in [0.2, 0.25) is 0 Å². The Kier molecular flexibility index (Phi) is 4.04. The second-order valence-corrected chi connectivity index (χ2v) is 4.44. The predicted octanol–water partition coefficient (Wildman–Crippen LogP) is 1.56. The molecule has 1 N–H and O–H groups in total. The number of carbonyl (C=O) groups excluding carboxylic acids is 1. The number of rotatable bonds is 5. The van der Waals surface area contributed by atoms with Gasteiger partial charge in [0, 0.05) is 18.7 Å². The van der Waals surface area contributed by atoms with Gasteiger partial charge in [0.15, 0.2) is 0 Å². The van der Waals surface area contributed by atoms with Crippen LogP contribution in [0.15, 0.2) is 18.2 Å². The molecule has 5 heteroatoms. The molecule has 0 spiro atoms. The summed E-state index contributed by atoms with van der Waals surface area (Å²) in [7, 11) is 0. The van der Waals surface area contributed by atoms with Crippen LogP contribution in [0.5, 0.6) is 5.75 Å². The first kappa shape index (κ1) is 13.4. The molecule has 2 rings (SSSR count). The quantitative estimate of drug-likeness (QED) is 0.875. The van der Waals surface area contributed by atoms with E-state index in [-0.39, 0.29) is 18.9 Å². The van der Waals surface area contributed by atoms with E-state index in [1.165, 1.54) is 0 Å². The van der Waals surface area contributed by atoms with Crippen LogP contribution >= 0.6 is 0 Å². The Labute approximate surface area is 111 Å². The minimum absolute atomic E-state index is 0.0216. The van der Waals surface area contributed by atoms with E-state index in [0.717, 1.165) is 12.0 Å². The van der Waals surface area contributed by atoms with Gasteiger partial charge >= 0.3 is 5.97 Å². The lowest BCUT2D eigenvalue weighted by Gasteiger charge is -2.28. The summed E-state index contributed by atoms with van der Waals surface area (Å²) < 4.78 is 5.39. The van der Waals surface area contributed by atoms with E-state index in [0.29, 0.717) is 24.5 Å². The van der Waals surface area contributed by atoms with Crippen LogP contribution in [0, 0.1) is 0 Å². The van der Waals surface area contributed by atoms with Gasteiger partial charge in [-0.15, -0.1) is 0 Å². The molecule has 1 aromatic carbocycles. The average molecular weight is 263 g/mol. The van der Waals surface area contributed by atoms with E-state index >= 15 is 0 Å². The Morgan fingerprint density at radius 1 is 1.47 bits per heavy atom. The highest BCUT2D eigenvalue weighted by Crippen LogP contribution is 2.24. The van der Waals surface area contributed by atoms with Crippen molar-refractivity contribution in [2.24, 2.45) is 0 Å². The maximum atomic E-state index is 12.3. The fourth-order valence-electron chi connectivity index (χ4n) is 2.20. The number of nitrogens with zero attached hydrogens (tertiary/aromatic N) is 1. The monoisotopic (exact) mass is 263 g/mol. The summed E-state index contributed by atoms with van der Waals surface area (Å²) in [4.78, 5) is 24.4. The first-order valence-electron chi connectivity index (χ1n) is 6.38. The minimum Gasteiger partial charge on any atom is -0.494 e. The molecule has 0 saturated carbocycles. The van der Waals surface area contributed by atoms with Gasteiger partial charge in [0.1, 0.15) is 5.75 Å². The molecule has 0 atom stereocenters. The van der Waals surface area contributed by atoms with Crippen LogP contribution in [-0.2, 0) is 11.2 Å². The number of aliphatic carboxylic acids is 1. The highest BCUT2D eigenvalue weighted by atomic mass is 16.5. The van der Waals surface area contributed by atoms with E-state index in [1.807, 2.05) is 19.1 Å². The Bertz CT molecular complexity index is 498. The summed E-state index contributed by atoms with van der Waals surface area (Å²) in [5.41, 5.74) is 1.63. The van der Waals surface area contributed by atoms with E-state index in [9.17, 15) is 9.59 Å². The van der Waals surface area contributed by atoms with E-state index in [4.69, 9.17) is 9.84 Å². The Hall–Kier alpha value is -2.04. The maximum Gasteiger partial charge on any atom is 0.305 e. The molecular weight excluding hydrogens is 246 g/mol. The number of hydrogen-bond acceptors (Lipinski definition) is 3. The first-order valence-corrected chi connectivity index (χ1v) is 6.38. The lowest BCUT2D eigenvalue weighted by molar-refractivity contribution is -0.137. The number of hydrogen-bond donors (Lipinski definition) is 1. The Morgan fingerprint density at radius 2 is 2.26 bits per heavy atom. The molecule has 0 aromatic heterocycles. The molecule has 102 valence electrons. The maximum absolute atomic E-state index is 12.3. The van der Waals surface area contributed by atoms with Crippen molar-refractivity contribution in [3.05, 3.63) is 29.3 Å². The second kappa shape index (κ2) is 5.73. The molecule has 0 unspecified atom stereocenters. The van der Waals surface area contributed by atoms with Crippen LogP contribution in [0.1, 0.15) is 29.3 Å². The molecular formula is C14H17NO4. The van der Waals surface area contributed by atoms with Crippen LogP contribution in [-0.4, -0.2) is 41.6 Å². The third-order valence-electron chi connectivity index (χ3n) is 3.16. The second-order valence-electron chi connectivity index (χ2n) is 4.44. The summed E-state index contributed by atoms with van der Waals surface area (Å²) in [5.74, 6) is -0.319. The number of amides is 1. The van der Waals surface area contributed by atoms with E-state index < -0.39 is 5.97 Å². The van der Waals surface area contributed by atoms with Crippen LogP contribution in [0.25, 0.3) is 0 Å². The molecule has 5 nitrogen and oxygen atoms in total. The Balaban J connectivity index is 2.16. The number of benzene rings is 1. The number of ether oxygens (including phenoxy) is 1. The van der Waals surface area contributed by atoms with Gasteiger partial charge in [-0.1, -0.05) is 6.07 Å². The average Bonchev–Trinajstić information content (AvgIpc) is 2.39. The van der Waals surface area contributed by atoms with Gasteiger partial charge in [0.25, 0.3) is 5.91 Å². The molecule has 1 aliphatic heterocycles. The van der Waals surface area contributed by atoms with E-state index in [2.05, 4.69) is 0 Å². The summed E-state index contributed by atoms with van der Waals surface area (Å²) in [5, 5.41) is 8.68. The normalized spacial score (nSPS) is 14.2. The third kappa shape index (κ3) is 3.05. The van der Waals surface area contributed by atoms with Gasteiger partial charge in [-0.2, -0.15) is 0 Å². The summed E-state index contributed by atoms with van der Waals surface area (Å²) in [6.45, 7) is 3.27. The lowest BCUT2D eigenvalue weighted by atomic mass is 9.98. The van der Waals surface area contributed by atoms with Gasteiger partial charge in [-0.3, -0.25) is 9.59 Å². The summed E-state index contributed by atoms with van der Waals surface area (Å²) in [6, 6.07) is 5.52. The van der Waals surface area contributed by atoms with Gasteiger partial charge in [-0.25, -0.2) is 0 Å². The minimum atomic E-state index is -0.887. The predicted molar refractivity (Wildman–Crippen MR) is 69.5 cm³/mol. The molecule has 0 radical (unpaired) electrons. The van der Waals surface area contributed by atoms with Crippen molar-refractivity contribution in [1.82, 2.24) is 4.90 Å². The van der Waals surface area contributed by atoms with Crippen LogP contribution in [0.4, 0.5) is 0 Å². The highest BCUT2D eigenvalue weighted by Gasteiger charge is 2.24. The Morgan fingerprint density at radius 3 is 2.95 bits per heavy atom. The number of carboxylic acids is 1. The fraction of sp³-hybridized carbons (Fsp3) is 0.429. The molecule has 0 bridgehead atoms. The van der Waals surface area contributed by atoms with Crippen molar-refractivity contribution in [1.29, 1.82) is 0 Å². The van der Waals surface area contributed by atoms with Crippen molar-refractivity contribution >= 4 is 11.9 Å². The topological polar surface area (TPSA) is 66.8 Å². The zero-order valence-electron chi connectivity index (χ0n) is 10.9. The molecule has 1 amide bonds. The van der Waals surface area contributed by atoms with Gasteiger partial charge < -0.3 is 14.7 Å². The smallest absolute Gasteiger partial charge is 0.305 e. The van der Waals surface area contributed by atoms with Crippen molar-refractivity contribution < 1.29 is 19.4 Å². The number of carboxylic acid groups (broad SMARTS) is 1. The molecule has 0 fully saturated rings. The van der Waals surface area contributed by atoms with Crippen LogP contribution in [0.3, 0.4) is 0 Å². The SMILES string of the molecule is CCOc1ccc2c(c1)C(=O)N(CCC(=O)O)CC2. The molecule has 1 heterocycles. The zero-order valence-corrected chi connectivity index (χ0v) is 10.9. The molecule has 1 aromatic rings. The molecule has 0 saturated heterocycles. The molecule has 19 heavy (non-hydrogen) atoms. The molecule has 0 aliphatic carbocycles. The largest absolute Gasteiger partial charge is 0.494 e. The van der Waals surface area contributed by atoms with Gasteiger partial charge in [-0.05, 0) is 31.0 Å². The molecule has 1 aliphatic rings. The van der Waals surface area contributed by atoms with Crippen molar-refractivity contribution in [3.63, 3.8) is 0 Å². The zero-order chi connectivity index (χ0) is 13.8. The van der Waals surface area contributed by atoms with Crippen molar-refractivity contribution in [2.45, 2.75) is 19.8 Å². The van der Waals surface area contributed by atoms with Gasteiger partial charge in [0.05, 0.1) is 13.0 Å². The van der Waals surface area contributed by atoms with Gasteiger partial charge in [0.2, 0.25) is 0 Å². The first-order chi connectivity index (χ1) is 9.11. The number of carbonyl (C=O) groups is 2. The lowest BCUT2D eigenvalue weighted by Crippen LogP contribution is -2.38. The standard InChI is InChI=1S/C14H17NO4/c1-2-19-11-4-3-10-5-7-15(8-6-13(16)17)14(18)12(10)9-11/h3-4,9H,2,5-8H2,1H3,(H,16,17). The summed E-state index contributed by atoms with van der Waals surface area (Å²) >= 11 is 0.